The number of fused-ring (bicyclic) bond motifs is 6. The van der Waals surface area contributed by atoms with Crippen LogP contribution in [-0.4, -0.2) is 281 Å². The lowest BCUT2D eigenvalue weighted by atomic mass is 9.83. The number of anilines is 1. The molecule has 0 radical (unpaired) electrons. The number of hydrogen-bond donors (Lipinski definition) is 8. The first-order chi connectivity index (χ1) is 57.8. The molecule has 672 valence electrons. The molecule has 122 heavy (non-hydrogen) atoms. The summed E-state index contributed by atoms with van der Waals surface area (Å²) in [7, 11) is 9.61. The first-order valence-corrected chi connectivity index (χ1v) is 42.2. The number of hydrogen-bond acceptors (Lipinski definition) is 26. The molecule has 0 aliphatic carbocycles. The van der Waals surface area contributed by atoms with Gasteiger partial charge in [0.05, 0.1) is 55.6 Å². The summed E-state index contributed by atoms with van der Waals surface area (Å²) in [5.74, 6) is -6.23. The van der Waals surface area contributed by atoms with E-state index in [0.717, 1.165) is 66.6 Å². The third-order valence-electron chi connectivity index (χ3n) is 23.9. The fraction of sp³-hybridized carbons (Fsp3) is 0.621. The number of benzene rings is 2. The predicted molar refractivity (Wildman–Crippen MR) is 447 cm³/mol. The molecule has 35 heteroatoms. The van der Waals surface area contributed by atoms with E-state index in [0.29, 0.717) is 61.3 Å². The van der Waals surface area contributed by atoms with Gasteiger partial charge in [-0.3, -0.25) is 39.5 Å². The Labute approximate surface area is 717 Å². The lowest BCUT2D eigenvalue weighted by molar-refractivity contribution is -0.271. The van der Waals surface area contributed by atoms with Crippen LogP contribution in [-0.2, 0) is 109 Å². The Balaban J connectivity index is 0.726. The maximum Gasteiger partial charge on any atom is 0.409 e. The average molecular weight is 1730 g/mol. The Morgan fingerprint density at radius 3 is 2.31 bits per heavy atom. The molecule has 7 heterocycles. The number of amides is 6. The van der Waals surface area contributed by atoms with Gasteiger partial charge in [0.25, 0.3) is 0 Å². The monoisotopic (exact) mass is 1730 g/mol. The number of nitrogens with one attached hydrogen (secondary N) is 3. The Morgan fingerprint density at radius 1 is 0.893 bits per heavy atom. The van der Waals surface area contributed by atoms with Crippen molar-refractivity contribution in [1.82, 2.24) is 45.3 Å². The molecule has 4 aromatic rings. The number of nitrogens with zero attached hydrogens (tertiary/aromatic N) is 7. The maximum atomic E-state index is 14.5. The van der Waals surface area contributed by atoms with Crippen LogP contribution in [0.2, 0.25) is 5.02 Å². The Bertz CT molecular complexity index is 4400. The summed E-state index contributed by atoms with van der Waals surface area (Å²) < 4.78 is 54.7. The lowest BCUT2D eigenvalue weighted by Gasteiger charge is -2.42. The highest BCUT2D eigenvalue weighted by Crippen LogP contribution is 2.49. The SMILES string of the molecule is CNN(C)Cc1cc2cccnc2n1CCC(=O)N1CCC(CCCOCCOCCC(=O)C[C@H](C(=O)N[C@@H](C)C(=O)Cc2ccc(COC(=O)N(C)CCCC(=O)N(C)[C@@H](C)C(=O)O[C@H]3CC(=O)N(C)c4cc(cc(C)c4Cl)C/C(C)=C/C=C/[C@@H](OC)[C@]4(O)C[C@H](OC(=O)N4)[C@@H](C)C4O[C@]43C)cc2O[C@@H]2O[C@H](C(=O)O)[C@@H](O)[C@H](O)[C@H]2O)C(C)C)CC1. The summed E-state index contributed by atoms with van der Waals surface area (Å²) in [6.07, 6.45) is -5.56. The molecule has 4 saturated heterocycles. The smallest absolute Gasteiger partial charge is 0.409 e. The molecule has 8 N–H and O–H groups in total. The van der Waals surface area contributed by atoms with Crippen molar-refractivity contribution in [2.24, 2.45) is 23.7 Å². The van der Waals surface area contributed by atoms with Gasteiger partial charge < -0.3 is 97.6 Å². The molecule has 2 aromatic carbocycles. The highest BCUT2D eigenvalue weighted by Gasteiger charge is 2.65. The van der Waals surface area contributed by atoms with Crippen LogP contribution >= 0.6 is 11.6 Å². The van der Waals surface area contributed by atoms with Crippen LogP contribution < -0.4 is 25.7 Å². The quantitative estimate of drug-likeness (QED) is 0.00792. The number of aromatic nitrogens is 2. The number of epoxide rings is 1. The summed E-state index contributed by atoms with van der Waals surface area (Å²) in [6.45, 7) is 17.1. The fourth-order valence-electron chi connectivity index (χ4n) is 15.8. The van der Waals surface area contributed by atoms with Gasteiger partial charge in [0.15, 0.2) is 17.6 Å². The number of likely N-dealkylation sites (N-methyl/N-ethyl adjacent to an activating group) is 1. The zero-order chi connectivity index (χ0) is 89.2. The maximum absolute atomic E-state index is 14.5. The van der Waals surface area contributed by atoms with E-state index >= 15 is 0 Å². The topological polar surface area (TPSA) is 428 Å². The zero-order valence-corrected chi connectivity index (χ0v) is 73.1. The van der Waals surface area contributed by atoms with Crippen LogP contribution in [0.15, 0.2) is 78.5 Å². The van der Waals surface area contributed by atoms with Crippen molar-refractivity contribution in [3.8, 4) is 5.75 Å². The highest BCUT2D eigenvalue weighted by atomic mass is 35.5. The molecule has 9 rings (SSSR count). The largest absolute Gasteiger partial charge is 0.479 e. The van der Waals surface area contributed by atoms with Crippen molar-refractivity contribution in [1.29, 1.82) is 0 Å². The number of Topliss-reactive ketones (excluding diaryl/α,β-unsaturated/α-hetero) is 2. The third kappa shape index (κ3) is 25.4. The summed E-state index contributed by atoms with van der Waals surface area (Å²) in [5.41, 5.74) is 5.03. The Kier molecular flexibility index (Phi) is 34.9. The summed E-state index contributed by atoms with van der Waals surface area (Å²) in [4.78, 5) is 146. The molecule has 2 aromatic heterocycles. The van der Waals surface area contributed by atoms with Crippen LogP contribution in [0.5, 0.6) is 5.75 Å². The van der Waals surface area contributed by atoms with Crippen molar-refractivity contribution < 1.29 is 116 Å². The van der Waals surface area contributed by atoms with Gasteiger partial charge in [-0.2, -0.15) is 0 Å². The number of aliphatic hydroxyl groups excluding tert-OH is 3. The molecule has 34 nitrogen and oxygen atoms in total. The number of ether oxygens (including phenoxy) is 9. The molecule has 1 unspecified atom stereocenters. The van der Waals surface area contributed by atoms with Gasteiger partial charge in [-0.25, -0.2) is 29.2 Å². The van der Waals surface area contributed by atoms with E-state index in [1.54, 1.807) is 59.2 Å². The number of aliphatic carboxylic acids is 1. The van der Waals surface area contributed by atoms with Gasteiger partial charge in [0, 0.05) is 141 Å². The number of aliphatic hydroxyl groups is 4. The molecular weight excluding hydrogens is 1600 g/mol. The molecule has 4 fully saturated rings. The van der Waals surface area contributed by atoms with E-state index in [9.17, 15) is 73.5 Å². The normalized spacial score (nSPS) is 25.4. The van der Waals surface area contributed by atoms with Gasteiger partial charge in [0.2, 0.25) is 29.9 Å². The number of methoxy groups -OCH3 is 1. The van der Waals surface area contributed by atoms with Crippen molar-refractivity contribution >= 4 is 87.6 Å². The number of carboxylic acids is 1. The molecule has 4 bridgehead atoms. The summed E-state index contributed by atoms with van der Waals surface area (Å²) in [5, 5.41) is 62.5. The highest BCUT2D eigenvalue weighted by molar-refractivity contribution is 6.34. The van der Waals surface area contributed by atoms with E-state index in [1.807, 2.05) is 62.1 Å². The van der Waals surface area contributed by atoms with Crippen molar-refractivity contribution in [2.75, 3.05) is 93.3 Å². The van der Waals surface area contributed by atoms with Crippen LogP contribution in [0, 0.1) is 30.6 Å². The number of pyridine rings is 1. The minimum absolute atomic E-state index is 0.0260. The number of carboxylic acid groups (broad SMARTS) is 1. The van der Waals surface area contributed by atoms with E-state index in [2.05, 4.69) is 31.7 Å². The van der Waals surface area contributed by atoms with E-state index in [1.165, 1.54) is 68.0 Å². The van der Waals surface area contributed by atoms with Gasteiger partial charge in [0.1, 0.15) is 72.1 Å². The second-order valence-electron chi connectivity index (χ2n) is 33.3. The van der Waals surface area contributed by atoms with Crippen LogP contribution in [0.25, 0.3) is 11.0 Å². The standard InChI is InChI=1S/C87H123ClN10O24/c1-50(2)63(45-62(99)29-36-116-38-37-115-35-18-20-56-26-32-97(33-27-56)71(102)28-34-98-61(48-94(11)89-9)43-60-21-16-30-90-79(60)98)80(107)91-54(6)65(100)44-59-25-24-57(42-66(59)118-83-76(106)74(104)75(105)77(121-83)81(108)109)49-117-85(112)93(10)31-17-23-70(101)95(12)55(7)82(110)120-69-46-72(103)96(13)64-41-58(40-52(4)73(64)88)39-51(3)19-15-22-68(114-14)87(113)47-67(119-84(111)92-87)53(5)78-86(69,8)122-78/h15-16,19,21-22,24-25,30,40-43,50,53-56,63,67-69,74-78,83,89,104-106,113H,17-18,20,23,26-29,31-39,44-49H2,1-14H3,(H,91,107)(H,92,111)(H,108,109)/b22-15+,51-19+/t53-,54+,55+,63+,67+,68-,69+,74+,75+,76-,77+,78?,83-,86+,87-/m1/s1. The Hall–Kier alpha value is -9.04. The number of rotatable bonds is 37. The molecule has 15 atom stereocenters. The fourth-order valence-corrected chi connectivity index (χ4v) is 16.1. The number of ketones is 2. The van der Waals surface area contributed by atoms with E-state index < -0.39 is 157 Å². The summed E-state index contributed by atoms with van der Waals surface area (Å²) in [6, 6.07) is 11.7. The van der Waals surface area contributed by atoms with E-state index in [4.69, 9.17) is 54.2 Å². The molecular formula is C87H123ClN10O24. The molecule has 5 aliphatic heterocycles. The summed E-state index contributed by atoms with van der Waals surface area (Å²) >= 11 is 6.88. The number of alkyl carbamates (subject to hydrolysis) is 1. The van der Waals surface area contributed by atoms with Crippen LogP contribution in [0.4, 0.5) is 15.3 Å². The Morgan fingerprint density at radius 2 is 1.61 bits per heavy atom. The van der Waals surface area contributed by atoms with Crippen molar-refractivity contribution in [3.05, 3.63) is 111 Å². The molecule has 6 amide bonds. The van der Waals surface area contributed by atoms with Gasteiger partial charge in [-0.1, -0.05) is 74.4 Å². The number of carbonyl (C=O) groups excluding carboxylic acids is 9. The van der Waals surface area contributed by atoms with Crippen LogP contribution in [0.3, 0.4) is 0 Å². The second-order valence-corrected chi connectivity index (χ2v) is 33.7. The number of piperidine rings is 1. The first kappa shape index (κ1) is 96.8. The van der Waals surface area contributed by atoms with Gasteiger partial charge in [-0.15, -0.1) is 0 Å². The average Bonchev–Trinajstić information content (AvgIpc) is 1.57. The molecule has 5 aliphatic rings. The van der Waals surface area contributed by atoms with Gasteiger partial charge in [-0.05, 0) is 139 Å². The minimum atomic E-state index is -2.06. The third-order valence-corrected chi connectivity index (χ3v) is 24.4. The number of allylic oxidation sites excluding steroid dienone is 3. The number of hydrazine groups is 1. The second kappa shape index (κ2) is 44.0. The number of halogens is 1. The van der Waals surface area contributed by atoms with Crippen LogP contribution in [0.1, 0.15) is 147 Å². The van der Waals surface area contributed by atoms with Gasteiger partial charge >= 0.3 is 24.1 Å². The number of aryl methyl sites for hydroxylation is 2. The number of carbonyl (C=O) groups is 10. The lowest BCUT2D eigenvalue weighted by Crippen LogP contribution is -2.63. The number of likely N-dealkylation sites (tertiary alicyclic amines) is 1. The molecule has 0 saturated carbocycles. The van der Waals surface area contributed by atoms with Crippen molar-refractivity contribution in [2.45, 2.75) is 237 Å². The minimum Gasteiger partial charge on any atom is -0.479 e. The zero-order valence-electron chi connectivity index (χ0n) is 72.4. The number of esters is 1. The van der Waals surface area contributed by atoms with Crippen molar-refractivity contribution in [3.63, 3.8) is 0 Å². The first-order valence-electron chi connectivity index (χ1n) is 41.8. The van der Waals surface area contributed by atoms with E-state index in [-0.39, 0.29) is 86.3 Å². The molecule has 0 spiro atoms. The predicted octanol–water partition coefficient (Wildman–Crippen LogP) is 6.43.